The van der Waals surface area contributed by atoms with Gasteiger partial charge in [-0.15, -0.1) is 0 Å². The van der Waals surface area contributed by atoms with Crippen molar-refractivity contribution in [1.82, 2.24) is 0 Å². The average Bonchev–Trinajstić information content (AvgIpc) is 2.38. The molecule has 0 fully saturated rings. The summed E-state index contributed by atoms with van der Waals surface area (Å²) in [6.07, 6.45) is 0.765. The SMILES string of the molecule is C=C(C)COC(=O)C(F)(CCCC)C(=O)OCC(=C)C. The minimum atomic E-state index is -2.76. The Morgan fingerprint density at radius 2 is 1.45 bits per heavy atom. The molecule has 5 heteroatoms. The summed E-state index contributed by atoms with van der Waals surface area (Å²) >= 11 is 0. The molecule has 0 aromatic heterocycles. The molecule has 0 aromatic carbocycles. The summed E-state index contributed by atoms with van der Waals surface area (Å²) < 4.78 is 24.2. The van der Waals surface area contributed by atoms with Gasteiger partial charge in [0.1, 0.15) is 13.2 Å². The normalized spacial score (nSPS) is 10.8. The zero-order chi connectivity index (χ0) is 15.8. The number of alkyl halides is 1. The minimum Gasteiger partial charge on any atom is -0.458 e. The zero-order valence-corrected chi connectivity index (χ0v) is 12.5. The van der Waals surface area contributed by atoms with Crippen LogP contribution in [0.4, 0.5) is 4.39 Å². The maximum absolute atomic E-state index is 14.7. The molecule has 20 heavy (non-hydrogen) atoms. The Hall–Kier alpha value is -1.65. The van der Waals surface area contributed by atoms with E-state index in [1.165, 1.54) is 0 Å². The van der Waals surface area contributed by atoms with Crippen LogP contribution in [0, 0.1) is 0 Å². The fraction of sp³-hybridized carbons (Fsp3) is 0.600. The van der Waals surface area contributed by atoms with Crippen molar-refractivity contribution >= 4 is 11.9 Å². The van der Waals surface area contributed by atoms with Gasteiger partial charge in [-0.25, -0.2) is 14.0 Å². The van der Waals surface area contributed by atoms with Crippen LogP contribution in [0.15, 0.2) is 24.3 Å². The molecule has 0 aliphatic heterocycles. The molecule has 0 spiro atoms. The summed E-state index contributed by atoms with van der Waals surface area (Å²) in [6, 6.07) is 0. The average molecular weight is 286 g/mol. The smallest absolute Gasteiger partial charge is 0.356 e. The molecule has 0 rings (SSSR count). The highest BCUT2D eigenvalue weighted by Gasteiger charge is 2.49. The van der Waals surface area contributed by atoms with Crippen molar-refractivity contribution < 1.29 is 23.5 Å². The highest BCUT2D eigenvalue weighted by atomic mass is 19.1. The van der Waals surface area contributed by atoms with E-state index in [1.54, 1.807) is 13.8 Å². The molecule has 0 unspecified atom stereocenters. The molecule has 0 atom stereocenters. The monoisotopic (exact) mass is 286 g/mol. The number of rotatable bonds is 9. The van der Waals surface area contributed by atoms with Gasteiger partial charge in [0.25, 0.3) is 0 Å². The summed E-state index contributed by atoms with van der Waals surface area (Å²) in [4.78, 5) is 23.6. The topological polar surface area (TPSA) is 52.6 Å². The first-order chi connectivity index (χ1) is 9.24. The molecule has 0 aliphatic rings. The number of carbonyl (C=O) groups is 2. The van der Waals surface area contributed by atoms with Gasteiger partial charge in [-0.3, -0.25) is 0 Å². The van der Waals surface area contributed by atoms with Gasteiger partial charge >= 0.3 is 17.6 Å². The van der Waals surface area contributed by atoms with Gasteiger partial charge in [0.05, 0.1) is 0 Å². The van der Waals surface area contributed by atoms with Crippen LogP contribution in [0.25, 0.3) is 0 Å². The van der Waals surface area contributed by atoms with Crippen LogP contribution in [0.3, 0.4) is 0 Å². The Balaban J connectivity index is 4.87. The van der Waals surface area contributed by atoms with E-state index < -0.39 is 17.6 Å². The lowest BCUT2D eigenvalue weighted by Gasteiger charge is -2.21. The van der Waals surface area contributed by atoms with E-state index in [0.29, 0.717) is 24.0 Å². The van der Waals surface area contributed by atoms with Gasteiger partial charge in [0.2, 0.25) is 0 Å². The molecule has 0 radical (unpaired) electrons. The molecule has 114 valence electrons. The van der Waals surface area contributed by atoms with E-state index in [1.807, 2.05) is 6.92 Å². The van der Waals surface area contributed by atoms with Crippen molar-refractivity contribution in [1.29, 1.82) is 0 Å². The maximum Gasteiger partial charge on any atom is 0.356 e. The van der Waals surface area contributed by atoms with E-state index >= 15 is 0 Å². The Labute approximate surface area is 119 Å². The number of unbranched alkanes of at least 4 members (excludes halogenated alkanes) is 1. The predicted molar refractivity (Wildman–Crippen MR) is 74.9 cm³/mol. The third-order valence-electron chi connectivity index (χ3n) is 2.42. The van der Waals surface area contributed by atoms with Crippen LogP contribution in [-0.4, -0.2) is 30.8 Å². The molecule has 0 bridgehead atoms. The first-order valence-electron chi connectivity index (χ1n) is 6.56. The second-order valence-corrected chi connectivity index (χ2v) is 4.97. The molecular formula is C15H23FO4. The number of ether oxygens (including phenoxy) is 2. The lowest BCUT2D eigenvalue weighted by atomic mass is 9.99. The summed E-state index contributed by atoms with van der Waals surface area (Å²) in [7, 11) is 0. The fourth-order valence-electron chi connectivity index (χ4n) is 1.31. The number of esters is 2. The molecule has 0 N–H and O–H groups in total. The van der Waals surface area contributed by atoms with Crippen LogP contribution < -0.4 is 0 Å². The minimum absolute atomic E-state index is 0.121. The Morgan fingerprint density at radius 1 is 1.05 bits per heavy atom. The molecule has 0 saturated heterocycles. The quantitative estimate of drug-likeness (QED) is 0.371. The van der Waals surface area contributed by atoms with Crippen LogP contribution >= 0.6 is 0 Å². The zero-order valence-electron chi connectivity index (χ0n) is 12.5. The molecule has 0 heterocycles. The third-order valence-corrected chi connectivity index (χ3v) is 2.42. The lowest BCUT2D eigenvalue weighted by molar-refractivity contribution is -0.174. The van der Waals surface area contributed by atoms with Gasteiger partial charge in [-0.2, -0.15) is 0 Å². The standard InChI is InChI=1S/C15H23FO4/c1-6-7-8-15(16,13(17)19-9-11(2)3)14(18)20-10-12(4)5/h2,4,6-10H2,1,3,5H3. The first-order valence-corrected chi connectivity index (χ1v) is 6.56. The number of halogens is 1. The highest BCUT2D eigenvalue weighted by molar-refractivity contribution is 6.03. The van der Waals surface area contributed by atoms with Crippen molar-refractivity contribution in [3.05, 3.63) is 24.3 Å². The highest BCUT2D eigenvalue weighted by Crippen LogP contribution is 2.24. The fourth-order valence-corrected chi connectivity index (χ4v) is 1.31. The van der Waals surface area contributed by atoms with Gasteiger partial charge in [-0.05, 0) is 31.4 Å². The molecule has 0 amide bonds. The van der Waals surface area contributed by atoms with Crippen molar-refractivity contribution in [2.24, 2.45) is 0 Å². The Bertz CT molecular complexity index is 357. The summed E-state index contributed by atoms with van der Waals surface area (Å²) in [5, 5.41) is 0. The van der Waals surface area contributed by atoms with Crippen LogP contribution in [0.5, 0.6) is 0 Å². The third kappa shape index (κ3) is 5.99. The molecule has 0 aliphatic carbocycles. The second-order valence-electron chi connectivity index (χ2n) is 4.97. The van der Waals surface area contributed by atoms with Crippen LogP contribution in [0.2, 0.25) is 0 Å². The predicted octanol–water partition coefficient (Wildman–Crippen LogP) is 3.12. The van der Waals surface area contributed by atoms with Gasteiger partial charge in [0.15, 0.2) is 0 Å². The Morgan fingerprint density at radius 3 is 1.75 bits per heavy atom. The summed E-state index contributed by atoms with van der Waals surface area (Å²) in [6.45, 7) is 12.0. The first kappa shape index (κ1) is 18.4. The maximum atomic E-state index is 14.7. The van der Waals surface area contributed by atoms with Crippen molar-refractivity contribution in [2.45, 2.75) is 45.7 Å². The van der Waals surface area contributed by atoms with E-state index in [-0.39, 0.29) is 19.6 Å². The van der Waals surface area contributed by atoms with Gasteiger partial charge in [0, 0.05) is 6.42 Å². The number of carbonyl (C=O) groups excluding carboxylic acids is 2. The van der Waals surface area contributed by atoms with Gasteiger partial charge < -0.3 is 9.47 Å². The molecule has 4 nitrogen and oxygen atoms in total. The van der Waals surface area contributed by atoms with Crippen LogP contribution in [0.1, 0.15) is 40.0 Å². The lowest BCUT2D eigenvalue weighted by Crippen LogP contribution is -2.45. The second kappa shape index (κ2) is 8.51. The van der Waals surface area contributed by atoms with Crippen molar-refractivity contribution in [3.63, 3.8) is 0 Å². The summed E-state index contributed by atoms with van der Waals surface area (Å²) in [5.74, 6) is -2.44. The largest absolute Gasteiger partial charge is 0.458 e. The van der Waals surface area contributed by atoms with Gasteiger partial charge in [-0.1, -0.05) is 26.5 Å². The Kier molecular flexibility index (Phi) is 7.80. The van der Waals surface area contributed by atoms with Crippen molar-refractivity contribution in [2.75, 3.05) is 13.2 Å². The molecule has 0 aromatic rings. The van der Waals surface area contributed by atoms with E-state index in [2.05, 4.69) is 13.2 Å². The summed E-state index contributed by atoms with van der Waals surface area (Å²) in [5.41, 5.74) is -1.64. The van der Waals surface area contributed by atoms with E-state index in [4.69, 9.17) is 9.47 Å². The van der Waals surface area contributed by atoms with Crippen molar-refractivity contribution in [3.8, 4) is 0 Å². The number of hydrogen-bond donors (Lipinski definition) is 0. The van der Waals surface area contributed by atoms with Crippen LogP contribution in [-0.2, 0) is 19.1 Å². The van der Waals surface area contributed by atoms with E-state index in [0.717, 1.165) is 0 Å². The molecule has 0 saturated carbocycles. The molecular weight excluding hydrogens is 263 g/mol. The van der Waals surface area contributed by atoms with E-state index in [9.17, 15) is 14.0 Å². The number of hydrogen-bond acceptors (Lipinski definition) is 4.